The van der Waals surface area contributed by atoms with Crippen LogP contribution in [0.25, 0.3) is 0 Å². The third-order valence-electron chi connectivity index (χ3n) is 14.4. The fourth-order valence-electron chi connectivity index (χ4n) is 10.0. The van der Waals surface area contributed by atoms with Gasteiger partial charge in [0, 0.05) is 52.6 Å². The summed E-state index contributed by atoms with van der Waals surface area (Å²) >= 11 is 3.23. The monoisotopic (exact) mass is 1360 g/mol. The first kappa shape index (κ1) is 90.7. The molecule has 4 N–H and O–H groups in total. The fraction of sp³-hybridized carbons (Fsp3) is 0.969. The zero-order valence-corrected chi connectivity index (χ0v) is 63.4. The van der Waals surface area contributed by atoms with E-state index in [0.29, 0.717) is 44.7 Å². The molecule has 0 spiro atoms. The minimum absolute atomic E-state index is 0. The number of alkyl halides is 1. The van der Waals surface area contributed by atoms with Crippen LogP contribution in [0.4, 0.5) is 0 Å². The van der Waals surface area contributed by atoms with Gasteiger partial charge in [-0.2, -0.15) is 0 Å². The Kier molecular flexibility index (Phi) is 75.1. The van der Waals surface area contributed by atoms with Gasteiger partial charge in [0.15, 0.2) is 0 Å². The van der Waals surface area contributed by atoms with E-state index < -0.39 is 14.5 Å². The second-order valence-electron chi connectivity index (χ2n) is 24.7. The number of unbranched alkanes of at least 4 members (excludes halogenated alkanes) is 9. The highest BCUT2D eigenvalue weighted by Gasteiger charge is 2.36. The van der Waals surface area contributed by atoms with Gasteiger partial charge < -0.3 is 38.2 Å². The number of hydrogen-bond donors (Lipinski definition) is 2. The van der Waals surface area contributed by atoms with Crippen LogP contribution in [0.1, 0.15) is 253 Å². The average Bonchev–Trinajstić information content (AvgIpc) is 3.38. The van der Waals surface area contributed by atoms with Crippen LogP contribution in [-0.4, -0.2) is 159 Å². The third-order valence-corrected chi connectivity index (χ3v) is 28.0. The molecule has 0 radical (unpaired) electrons. The van der Waals surface area contributed by atoms with Gasteiger partial charge in [-0.3, -0.25) is 14.5 Å². The van der Waals surface area contributed by atoms with E-state index in [1.807, 2.05) is 9.80 Å². The molecule has 0 aromatic carbocycles. The lowest BCUT2D eigenvalue weighted by Crippen LogP contribution is -3.00. The van der Waals surface area contributed by atoms with Gasteiger partial charge in [0.25, 0.3) is 0 Å². The normalized spacial score (nSPS) is 11.5. The molecule has 13 heteroatoms. The van der Waals surface area contributed by atoms with E-state index in [4.69, 9.17) is 11.5 Å². The molecule has 0 saturated carbocycles. The first-order valence-corrected chi connectivity index (χ1v) is 41.0. The molecular formula is C65H144Br3N5O2P3+. The number of carbonyl (C=O) groups is 2. The fourth-order valence-corrected chi connectivity index (χ4v) is 23.6. The SMILES string of the molecule is Br.CCCCP(CCCC)CCCC.CCCC[P+](CCCC)(CCCC)CCCN.CCCC[P+](CCCC)(CCCC)CCCN(CC(=O)N(CC(C)C)CC(C)C)CC(=O)N(CC(C)C)CC(C)C.NCCCBr.[Br-]. The molecule has 0 rings (SSSR count). The summed E-state index contributed by atoms with van der Waals surface area (Å²) in [4.78, 5) is 33.7. The van der Waals surface area contributed by atoms with Crippen LogP contribution in [0.3, 0.4) is 0 Å². The van der Waals surface area contributed by atoms with Gasteiger partial charge in [0.1, 0.15) is 0 Å². The number of hydrogen-bond acceptors (Lipinski definition) is 5. The van der Waals surface area contributed by atoms with Gasteiger partial charge in [0.2, 0.25) is 11.8 Å². The maximum atomic E-state index is 13.7. The van der Waals surface area contributed by atoms with Crippen molar-refractivity contribution in [3.63, 3.8) is 0 Å². The largest absolute Gasteiger partial charge is 1.00 e. The lowest BCUT2D eigenvalue weighted by molar-refractivity contribution is -0.137. The van der Waals surface area contributed by atoms with E-state index in [1.165, 1.54) is 153 Å². The summed E-state index contributed by atoms with van der Waals surface area (Å²) in [5.41, 5.74) is 10.8. The number of halogens is 3. The first-order chi connectivity index (χ1) is 36.3. The van der Waals surface area contributed by atoms with E-state index >= 15 is 0 Å². The highest BCUT2D eigenvalue weighted by Crippen LogP contribution is 2.62. The molecular weight excluding hydrogens is 1220 g/mol. The predicted molar refractivity (Wildman–Crippen MR) is 373 cm³/mol. The van der Waals surface area contributed by atoms with Crippen molar-refractivity contribution in [2.45, 2.75) is 253 Å². The molecule has 0 heterocycles. The van der Waals surface area contributed by atoms with E-state index in [2.05, 4.69) is 139 Å². The summed E-state index contributed by atoms with van der Waals surface area (Å²) in [6.45, 7) is 44.8. The standard InChI is InChI=1S/C35H73N3O2P.C15H35NP.C12H27P.C3H8BrN.2BrH/c1-12-15-20-41(21-16-13-2,22-17-14-3)23-18-19-36(28-34(39)37(24-30(4)5)25-31(6)7)29-35(40)38(26-32(8)9)27-33(10)11;1-4-7-12-17(13-8-5-2,14-9-6-3)15-10-11-16;1-4-7-10-13(11-8-5-2)12-9-6-3;4-2-1-3-5;;/h30-33H,12-29H2,1-11H3;4-16H2,1-3H3;4-12H2,1-3H3;1-3,5H2;2*1H/q2*+1;;;;/p-1. The highest BCUT2D eigenvalue weighted by molar-refractivity contribution is 9.09. The van der Waals surface area contributed by atoms with Crippen molar-refractivity contribution >= 4 is 67.2 Å². The second kappa shape index (κ2) is 64.5. The summed E-state index contributed by atoms with van der Waals surface area (Å²) in [7, 11) is -1.22. The Balaban J connectivity index is -0.000000285. The molecule has 0 bridgehead atoms. The highest BCUT2D eigenvalue weighted by atomic mass is 79.9. The zero-order chi connectivity index (χ0) is 58.5. The van der Waals surface area contributed by atoms with Crippen molar-refractivity contribution in [1.82, 2.24) is 14.7 Å². The van der Waals surface area contributed by atoms with Crippen LogP contribution >= 0.6 is 55.4 Å². The van der Waals surface area contributed by atoms with E-state index in [0.717, 1.165) is 64.0 Å². The van der Waals surface area contributed by atoms with Crippen LogP contribution in [0.5, 0.6) is 0 Å². The molecule has 476 valence electrons. The quantitative estimate of drug-likeness (QED) is 0.0467. The third kappa shape index (κ3) is 56.7. The van der Waals surface area contributed by atoms with Crippen LogP contribution in [0.2, 0.25) is 0 Å². The average molecular weight is 1360 g/mol. The van der Waals surface area contributed by atoms with E-state index in [9.17, 15) is 9.59 Å². The number of nitrogens with two attached hydrogens (primary N) is 2. The lowest BCUT2D eigenvalue weighted by Gasteiger charge is -2.33. The topological polar surface area (TPSA) is 95.9 Å². The van der Waals surface area contributed by atoms with Gasteiger partial charge >= 0.3 is 0 Å². The summed E-state index contributed by atoms with van der Waals surface area (Å²) in [5, 5.41) is 1.03. The van der Waals surface area contributed by atoms with Gasteiger partial charge in [-0.05, 0) is 132 Å². The van der Waals surface area contributed by atoms with Crippen molar-refractivity contribution in [1.29, 1.82) is 0 Å². The van der Waals surface area contributed by atoms with Crippen molar-refractivity contribution in [3.05, 3.63) is 0 Å². The van der Waals surface area contributed by atoms with Crippen molar-refractivity contribution < 1.29 is 26.6 Å². The molecule has 0 aliphatic rings. The molecule has 0 saturated heterocycles. The molecule has 0 unspecified atom stereocenters. The smallest absolute Gasteiger partial charge is 0.236 e. The minimum Gasteiger partial charge on any atom is -1.00 e. The van der Waals surface area contributed by atoms with Crippen LogP contribution in [0.15, 0.2) is 0 Å². The Labute approximate surface area is 524 Å². The molecule has 2 amide bonds. The Morgan fingerprint density at radius 1 is 0.410 bits per heavy atom. The molecule has 78 heavy (non-hydrogen) atoms. The van der Waals surface area contributed by atoms with Crippen LogP contribution in [-0.2, 0) is 9.59 Å². The zero-order valence-electron chi connectivity index (χ0n) is 55.8. The molecule has 0 aliphatic carbocycles. The molecule has 0 aromatic heterocycles. The number of nitrogens with zero attached hydrogens (tertiary/aromatic N) is 3. The molecule has 0 fully saturated rings. The summed E-state index contributed by atoms with van der Waals surface area (Å²) in [6, 6.07) is 0. The maximum absolute atomic E-state index is 13.7. The molecule has 0 aliphatic heterocycles. The summed E-state index contributed by atoms with van der Waals surface area (Å²) in [6.07, 6.45) is 44.7. The van der Waals surface area contributed by atoms with Gasteiger partial charge in [-0.25, -0.2) is 0 Å². The maximum Gasteiger partial charge on any atom is 0.236 e. The summed E-state index contributed by atoms with van der Waals surface area (Å²) in [5.74, 6) is 2.10. The Bertz CT molecular complexity index is 1090. The van der Waals surface area contributed by atoms with Gasteiger partial charge in [0.05, 0.1) is 62.4 Å². The van der Waals surface area contributed by atoms with Crippen LogP contribution < -0.4 is 28.4 Å². The number of amides is 2. The van der Waals surface area contributed by atoms with Crippen molar-refractivity contribution in [2.75, 3.05) is 132 Å². The molecule has 7 nitrogen and oxygen atoms in total. The number of carbonyl (C=O) groups excluding carboxylic acids is 2. The molecule has 0 aromatic rings. The Morgan fingerprint density at radius 2 is 0.654 bits per heavy atom. The minimum atomic E-state index is -1.00. The van der Waals surface area contributed by atoms with Crippen LogP contribution in [0, 0.1) is 23.7 Å². The summed E-state index contributed by atoms with van der Waals surface area (Å²) < 4.78 is 0. The van der Waals surface area contributed by atoms with Crippen molar-refractivity contribution in [2.24, 2.45) is 35.1 Å². The first-order valence-electron chi connectivity index (χ1n) is 33.0. The van der Waals surface area contributed by atoms with Crippen molar-refractivity contribution in [3.8, 4) is 0 Å². The van der Waals surface area contributed by atoms with Gasteiger partial charge in [-0.1, -0.05) is 191 Å². The Hall–Kier alpha value is 1.55. The van der Waals surface area contributed by atoms with Gasteiger partial charge in [-0.15, -0.1) is 24.9 Å². The Morgan fingerprint density at radius 3 is 0.859 bits per heavy atom. The predicted octanol–water partition coefficient (Wildman–Crippen LogP) is 16.3. The molecule has 0 atom stereocenters. The number of rotatable bonds is 48. The second-order valence-corrected chi connectivity index (χ2v) is 37.1. The van der Waals surface area contributed by atoms with E-state index in [-0.39, 0.29) is 45.8 Å². The lowest BCUT2D eigenvalue weighted by atomic mass is 10.1. The van der Waals surface area contributed by atoms with E-state index in [1.54, 1.807) is 37.0 Å².